The van der Waals surface area contributed by atoms with Crippen LogP contribution < -0.4 is 0 Å². The molecule has 0 amide bonds. The zero-order valence-electron chi connectivity index (χ0n) is 33.0. The summed E-state index contributed by atoms with van der Waals surface area (Å²) >= 11 is 0. The van der Waals surface area contributed by atoms with E-state index in [0.29, 0.717) is 0 Å². The maximum Gasteiger partial charge on any atom is 0.193 e. The zero-order valence-corrected chi connectivity index (χ0v) is 33.0. The molecule has 6 aromatic carbocycles. The molecule has 0 heterocycles. The van der Waals surface area contributed by atoms with Gasteiger partial charge in [0.15, 0.2) is 5.78 Å². The molecule has 0 fully saturated rings. The third-order valence-electron chi connectivity index (χ3n) is 13.4. The van der Waals surface area contributed by atoms with Crippen molar-refractivity contribution in [2.75, 3.05) is 0 Å². The summed E-state index contributed by atoms with van der Waals surface area (Å²) < 4.78 is 0. The Morgan fingerprint density at radius 1 is 0.404 bits per heavy atom. The van der Waals surface area contributed by atoms with E-state index in [1.165, 1.54) is 81.0 Å². The average molecular weight is 683 g/mol. The smallest absolute Gasteiger partial charge is 0.193 e. The Morgan fingerprint density at radius 2 is 0.731 bits per heavy atom. The van der Waals surface area contributed by atoms with Crippen LogP contribution in [-0.2, 0) is 21.7 Å². The third kappa shape index (κ3) is 5.55. The molecule has 2 aliphatic rings. The number of benzene rings is 6. The van der Waals surface area contributed by atoms with Gasteiger partial charge in [-0.2, -0.15) is 0 Å². The van der Waals surface area contributed by atoms with Crippen molar-refractivity contribution < 1.29 is 4.79 Å². The van der Waals surface area contributed by atoms with E-state index in [1.54, 1.807) is 0 Å². The van der Waals surface area contributed by atoms with Gasteiger partial charge in [0.2, 0.25) is 0 Å². The van der Waals surface area contributed by atoms with Crippen LogP contribution in [0, 0.1) is 13.8 Å². The number of fused-ring (bicyclic) bond motifs is 4. The molecule has 52 heavy (non-hydrogen) atoms. The molecule has 0 bridgehead atoms. The Kier molecular flexibility index (Phi) is 7.82. The number of rotatable bonds is 4. The van der Waals surface area contributed by atoms with Gasteiger partial charge in [0, 0.05) is 11.1 Å². The van der Waals surface area contributed by atoms with Gasteiger partial charge in [-0.05, 0) is 151 Å². The van der Waals surface area contributed by atoms with Crippen LogP contribution in [-0.4, -0.2) is 5.78 Å². The molecule has 1 nitrogen and oxygen atoms in total. The summed E-state index contributed by atoms with van der Waals surface area (Å²) in [5.74, 6) is 0.0889. The summed E-state index contributed by atoms with van der Waals surface area (Å²) in [6.07, 6.45) is 4.84. The molecule has 0 aliphatic heterocycles. The third-order valence-corrected chi connectivity index (χ3v) is 13.4. The highest BCUT2D eigenvalue weighted by molar-refractivity contribution is 6.15. The Hall–Kier alpha value is -4.49. The molecule has 0 radical (unpaired) electrons. The van der Waals surface area contributed by atoms with Gasteiger partial charge in [-0.3, -0.25) is 4.79 Å². The molecular weight excluding hydrogens is 629 g/mol. The van der Waals surface area contributed by atoms with Crippen molar-refractivity contribution >= 4 is 27.3 Å². The fraction of sp³-hybridized carbons (Fsp3) is 0.353. The Labute approximate surface area is 311 Å². The lowest BCUT2D eigenvalue weighted by molar-refractivity contribution is 0.103. The van der Waals surface area contributed by atoms with E-state index < -0.39 is 0 Å². The molecule has 2 aliphatic carbocycles. The maximum atomic E-state index is 14.3. The molecule has 0 N–H and O–H groups in total. The van der Waals surface area contributed by atoms with Crippen LogP contribution in [0.3, 0.4) is 0 Å². The van der Waals surface area contributed by atoms with E-state index in [2.05, 4.69) is 154 Å². The van der Waals surface area contributed by atoms with Gasteiger partial charge >= 0.3 is 0 Å². The first-order valence-electron chi connectivity index (χ1n) is 19.4. The highest BCUT2D eigenvalue weighted by Gasteiger charge is 2.38. The molecule has 0 saturated heterocycles. The average Bonchev–Trinajstić information content (AvgIpc) is 3.12. The predicted molar refractivity (Wildman–Crippen MR) is 222 cm³/mol. The minimum absolute atomic E-state index is 0.0889. The normalized spacial score (nSPS) is 18.2. The molecule has 0 atom stereocenters. The maximum absolute atomic E-state index is 14.3. The standard InChI is InChI=1S/C51H54O/c1-31-39-17-11-33(35-15-21-43-45(29-35)50(7,8)25-23-48(43,3)4)27-37(39)13-19-41(31)47(52)42-20-14-38-28-34(12-18-40(38)32(42)2)36-16-22-44-46(30-36)51(9,10)26-24-49(44,5)6/h11-22,27-30H,23-26H2,1-10H3. The summed E-state index contributed by atoms with van der Waals surface area (Å²) in [6.45, 7) is 23.3. The lowest BCUT2D eigenvalue weighted by Gasteiger charge is -2.42. The topological polar surface area (TPSA) is 17.1 Å². The highest BCUT2D eigenvalue weighted by atomic mass is 16.1. The molecule has 1 heteroatoms. The van der Waals surface area contributed by atoms with E-state index in [0.717, 1.165) is 33.0 Å². The van der Waals surface area contributed by atoms with Gasteiger partial charge in [0.1, 0.15) is 0 Å². The Morgan fingerprint density at radius 3 is 1.12 bits per heavy atom. The number of carbonyl (C=O) groups is 1. The van der Waals surface area contributed by atoms with Crippen LogP contribution in [0.2, 0.25) is 0 Å². The van der Waals surface area contributed by atoms with Crippen LogP contribution >= 0.6 is 0 Å². The van der Waals surface area contributed by atoms with Crippen LogP contribution in [0.15, 0.2) is 97.1 Å². The predicted octanol–water partition coefficient (Wildman–Crippen LogP) is 13.9. The van der Waals surface area contributed by atoms with Crippen molar-refractivity contribution in [3.8, 4) is 22.3 Å². The van der Waals surface area contributed by atoms with E-state index in [9.17, 15) is 4.79 Å². The molecule has 0 unspecified atom stereocenters. The highest BCUT2D eigenvalue weighted by Crippen LogP contribution is 2.48. The Balaban J connectivity index is 1.11. The number of carbonyl (C=O) groups excluding carboxylic acids is 1. The lowest BCUT2D eigenvalue weighted by Crippen LogP contribution is -2.33. The number of ketones is 1. The van der Waals surface area contributed by atoms with Crippen LogP contribution in [0.4, 0.5) is 0 Å². The minimum atomic E-state index is 0.0889. The van der Waals surface area contributed by atoms with E-state index >= 15 is 0 Å². The molecule has 0 saturated carbocycles. The lowest BCUT2D eigenvalue weighted by atomic mass is 9.63. The first-order chi connectivity index (χ1) is 24.5. The molecular formula is C51H54O. The Bertz CT molecular complexity index is 2280. The molecule has 0 spiro atoms. The zero-order chi connectivity index (χ0) is 37.0. The first-order valence-corrected chi connectivity index (χ1v) is 19.4. The molecule has 6 aromatic rings. The van der Waals surface area contributed by atoms with Crippen LogP contribution in [0.5, 0.6) is 0 Å². The molecule has 0 aromatic heterocycles. The van der Waals surface area contributed by atoms with Crippen LogP contribution in [0.1, 0.15) is 130 Å². The SMILES string of the molecule is Cc1c(C(=O)c2ccc3cc(-c4ccc5c(c4)C(C)(C)CCC5(C)C)ccc3c2C)ccc2cc(-c3ccc4c(c3)C(C)(C)CCC4(C)C)ccc12. The van der Waals surface area contributed by atoms with E-state index in [1.807, 2.05) is 12.1 Å². The first kappa shape index (κ1) is 34.6. The van der Waals surface area contributed by atoms with Gasteiger partial charge in [-0.1, -0.05) is 140 Å². The van der Waals surface area contributed by atoms with E-state index in [4.69, 9.17) is 0 Å². The van der Waals surface area contributed by atoms with Crippen molar-refractivity contribution in [2.24, 2.45) is 0 Å². The second-order valence-electron chi connectivity index (χ2n) is 18.7. The summed E-state index contributed by atoms with van der Waals surface area (Å²) in [5.41, 5.74) is 15.3. The van der Waals surface area contributed by atoms with Crippen LogP contribution in [0.25, 0.3) is 43.8 Å². The van der Waals surface area contributed by atoms with Gasteiger partial charge in [0.25, 0.3) is 0 Å². The molecule has 264 valence electrons. The minimum Gasteiger partial charge on any atom is -0.289 e. The summed E-state index contributed by atoms with van der Waals surface area (Å²) in [7, 11) is 0. The molecule has 8 rings (SSSR count). The van der Waals surface area contributed by atoms with Gasteiger partial charge < -0.3 is 0 Å². The van der Waals surface area contributed by atoms with E-state index in [-0.39, 0.29) is 27.4 Å². The number of aryl methyl sites for hydroxylation is 2. The van der Waals surface area contributed by atoms with Gasteiger partial charge in [-0.15, -0.1) is 0 Å². The fourth-order valence-corrected chi connectivity index (χ4v) is 9.50. The number of hydrogen-bond acceptors (Lipinski definition) is 1. The van der Waals surface area contributed by atoms with Crippen molar-refractivity contribution in [3.63, 3.8) is 0 Å². The largest absolute Gasteiger partial charge is 0.289 e. The van der Waals surface area contributed by atoms with Crippen molar-refractivity contribution in [2.45, 2.75) is 117 Å². The van der Waals surface area contributed by atoms with Crippen molar-refractivity contribution in [3.05, 3.63) is 142 Å². The van der Waals surface area contributed by atoms with Crippen molar-refractivity contribution in [1.29, 1.82) is 0 Å². The van der Waals surface area contributed by atoms with Crippen molar-refractivity contribution in [1.82, 2.24) is 0 Å². The van der Waals surface area contributed by atoms with Gasteiger partial charge in [0.05, 0.1) is 0 Å². The second kappa shape index (κ2) is 11.8. The monoisotopic (exact) mass is 682 g/mol. The summed E-state index contributed by atoms with van der Waals surface area (Å²) in [4.78, 5) is 14.3. The second-order valence-corrected chi connectivity index (χ2v) is 18.7. The quantitative estimate of drug-likeness (QED) is 0.169. The summed E-state index contributed by atoms with van der Waals surface area (Å²) in [5, 5.41) is 4.60. The number of hydrogen-bond donors (Lipinski definition) is 0. The summed E-state index contributed by atoms with van der Waals surface area (Å²) in [6, 6.07) is 36.0. The van der Waals surface area contributed by atoms with Gasteiger partial charge in [-0.25, -0.2) is 0 Å². The fourth-order valence-electron chi connectivity index (χ4n) is 9.50.